The van der Waals surface area contributed by atoms with E-state index in [1.807, 2.05) is 6.07 Å². The van der Waals surface area contributed by atoms with Gasteiger partial charge in [0.25, 0.3) is 0 Å². The fraction of sp³-hybridized carbons (Fsp3) is 0.409. The highest BCUT2D eigenvalue weighted by molar-refractivity contribution is 5.90. The van der Waals surface area contributed by atoms with Gasteiger partial charge in [0.2, 0.25) is 6.79 Å². The Morgan fingerprint density at radius 3 is 2.59 bits per heavy atom. The van der Waals surface area contributed by atoms with Crippen LogP contribution in [0.3, 0.4) is 0 Å². The lowest BCUT2D eigenvalue weighted by Gasteiger charge is -2.30. The van der Waals surface area contributed by atoms with Crippen molar-refractivity contribution >= 4 is 11.7 Å². The summed E-state index contributed by atoms with van der Waals surface area (Å²) in [6, 6.07) is 9.70. The van der Waals surface area contributed by atoms with Crippen LogP contribution in [0.15, 0.2) is 42.5 Å². The monoisotopic (exact) mass is 451 g/mol. The Bertz CT molecular complexity index is 948. The van der Waals surface area contributed by atoms with Crippen LogP contribution >= 0.6 is 0 Å². The van der Waals surface area contributed by atoms with Crippen molar-refractivity contribution in [2.24, 2.45) is 0 Å². The van der Waals surface area contributed by atoms with Crippen LogP contribution in [0, 0.1) is 0 Å². The molecule has 2 aliphatic heterocycles. The zero-order valence-electron chi connectivity index (χ0n) is 17.4. The molecule has 1 saturated heterocycles. The summed E-state index contributed by atoms with van der Waals surface area (Å²) in [5, 5.41) is 2.45. The highest BCUT2D eigenvalue weighted by Gasteiger charge is 2.34. The van der Waals surface area contributed by atoms with Gasteiger partial charge in [-0.1, -0.05) is 18.2 Å². The number of alkyl halides is 3. The highest BCUT2D eigenvalue weighted by atomic mass is 19.4. The molecule has 0 radical (unpaired) electrons. The molecule has 172 valence electrons. The first kappa shape index (κ1) is 22.2. The third-order valence-electron chi connectivity index (χ3n) is 5.36. The van der Waals surface area contributed by atoms with Gasteiger partial charge in [-0.2, -0.15) is 13.2 Å². The molecule has 7 nitrogen and oxygen atoms in total. The van der Waals surface area contributed by atoms with Gasteiger partial charge >= 0.3 is 12.2 Å². The molecule has 10 heteroatoms. The Balaban J connectivity index is 1.50. The van der Waals surface area contributed by atoms with Crippen molar-refractivity contribution in [2.45, 2.75) is 12.7 Å². The molecule has 2 amide bonds. The Labute approximate surface area is 183 Å². The summed E-state index contributed by atoms with van der Waals surface area (Å²) >= 11 is 0. The lowest BCUT2D eigenvalue weighted by molar-refractivity contribution is -0.136. The van der Waals surface area contributed by atoms with Crippen molar-refractivity contribution in [3.63, 3.8) is 0 Å². The summed E-state index contributed by atoms with van der Waals surface area (Å²) in [5.41, 5.74) is -0.368. The van der Waals surface area contributed by atoms with Gasteiger partial charge in [-0.05, 0) is 29.8 Å². The normalized spacial score (nSPS) is 16.1. The van der Waals surface area contributed by atoms with Crippen LogP contribution in [0.4, 0.5) is 23.7 Å². The fourth-order valence-electron chi connectivity index (χ4n) is 3.63. The number of amides is 2. The number of hydrogen-bond acceptors (Lipinski definition) is 5. The minimum absolute atomic E-state index is 0.133. The molecule has 1 N–H and O–H groups in total. The summed E-state index contributed by atoms with van der Waals surface area (Å²) in [6.45, 7) is 4.00. The molecule has 4 rings (SSSR count). The van der Waals surface area contributed by atoms with Crippen molar-refractivity contribution in [1.82, 2.24) is 9.80 Å². The third-order valence-corrected chi connectivity index (χ3v) is 5.36. The van der Waals surface area contributed by atoms with E-state index in [0.29, 0.717) is 37.8 Å². The summed E-state index contributed by atoms with van der Waals surface area (Å²) in [6.07, 6.45) is -4.57. The zero-order valence-corrected chi connectivity index (χ0v) is 17.4. The number of nitrogens with one attached hydrogen (secondary N) is 1. The van der Waals surface area contributed by atoms with Gasteiger partial charge in [0.05, 0.1) is 24.5 Å². The molecular weight excluding hydrogens is 427 g/mol. The number of morpholine rings is 1. The molecule has 2 aromatic rings. The number of rotatable bonds is 6. The number of halogens is 3. The number of hydrogen-bond donors (Lipinski definition) is 1. The largest absolute Gasteiger partial charge is 0.454 e. The number of benzene rings is 2. The summed E-state index contributed by atoms with van der Waals surface area (Å²) < 4.78 is 56.1. The lowest BCUT2D eigenvalue weighted by atomic mass is 10.1. The van der Waals surface area contributed by atoms with Crippen LogP contribution in [0.1, 0.15) is 11.1 Å². The number of ether oxygens (including phenoxy) is 3. The lowest BCUT2D eigenvalue weighted by Crippen LogP contribution is -2.44. The maximum Gasteiger partial charge on any atom is 0.418 e. The minimum atomic E-state index is -4.57. The maximum atomic E-state index is 13.4. The zero-order chi connectivity index (χ0) is 22.6. The number of para-hydroxylation sites is 1. The Kier molecular flexibility index (Phi) is 6.71. The van der Waals surface area contributed by atoms with Crippen LogP contribution in [0.2, 0.25) is 0 Å². The van der Waals surface area contributed by atoms with Crippen molar-refractivity contribution in [2.75, 3.05) is 51.5 Å². The standard InChI is InChI=1S/C22H24F3N3O4/c23-22(24,25)17-3-1-2-4-18(17)26-21(29)28(8-7-27-9-11-30-12-10-27)14-16-5-6-19-20(13-16)32-15-31-19/h1-6,13H,7-12,14-15H2,(H,26,29). The second-order valence-electron chi connectivity index (χ2n) is 7.54. The molecule has 0 saturated carbocycles. The van der Waals surface area contributed by atoms with Crippen LogP contribution < -0.4 is 14.8 Å². The topological polar surface area (TPSA) is 63.3 Å². The second-order valence-corrected chi connectivity index (χ2v) is 7.54. The van der Waals surface area contributed by atoms with Gasteiger partial charge in [-0.15, -0.1) is 0 Å². The van der Waals surface area contributed by atoms with Gasteiger partial charge in [-0.3, -0.25) is 4.90 Å². The second kappa shape index (κ2) is 9.66. The van der Waals surface area contributed by atoms with Crippen LogP contribution in [-0.4, -0.2) is 62.0 Å². The fourth-order valence-corrected chi connectivity index (χ4v) is 3.63. The van der Waals surface area contributed by atoms with Crippen molar-refractivity contribution in [3.05, 3.63) is 53.6 Å². The van der Waals surface area contributed by atoms with E-state index in [2.05, 4.69) is 10.2 Å². The highest BCUT2D eigenvalue weighted by Crippen LogP contribution is 2.35. The quantitative estimate of drug-likeness (QED) is 0.724. The van der Waals surface area contributed by atoms with Crippen LogP contribution in [0.5, 0.6) is 11.5 Å². The minimum Gasteiger partial charge on any atom is -0.454 e. The van der Waals surface area contributed by atoms with E-state index < -0.39 is 17.8 Å². The Hall–Kier alpha value is -2.98. The Morgan fingerprint density at radius 1 is 1.06 bits per heavy atom. The van der Waals surface area contributed by atoms with Crippen molar-refractivity contribution in [3.8, 4) is 11.5 Å². The number of nitrogens with zero attached hydrogens (tertiary/aromatic N) is 2. The van der Waals surface area contributed by atoms with E-state index in [1.54, 1.807) is 12.1 Å². The molecule has 2 aromatic carbocycles. The van der Waals surface area contributed by atoms with E-state index in [9.17, 15) is 18.0 Å². The molecular formula is C22H24F3N3O4. The molecule has 0 aromatic heterocycles. The van der Waals surface area contributed by atoms with Gasteiger partial charge in [0, 0.05) is 32.7 Å². The van der Waals surface area contributed by atoms with Gasteiger partial charge in [-0.25, -0.2) is 4.79 Å². The molecule has 2 aliphatic rings. The first-order chi connectivity index (χ1) is 15.4. The first-order valence-corrected chi connectivity index (χ1v) is 10.3. The summed E-state index contributed by atoms with van der Waals surface area (Å²) in [7, 11) is 0. The van der Waals surface area contributed by atoms with E-state index >= 15 is 0 Å². The molecule has 0 bridgehead atoms. The average Bonchev–Trinajstić information content (AvgIpc) is 3.25. The first-order valence-electron chi connectivity index (χ1n) is 10.3. The number of anilines is 1. The molecule has 32 heavy (non-hydrogen) atoms. The molecule has 0 spiro atoms. The van der Waals surface area contributed by atoms with E-state index in [0.717, 1.165) is 24.7 Å². The van der Waals surface area contributed by atoms with Gasteiger partial charge in [0.15, 0.2) is 11.5 Å². The smallest absolute Gasteiger partial charge is 0.418 e. The molecule has 0 unspecified atom stereocenters. The van der Waals surface area contributed by atoms with E-state index in [-0.39, 0.29) is 19.0 Å². The third kappa shape index (κ3) is 5.43. The van der Waals surface area contributed by atoms with Crippen molar-refractivity contribution < 1.29 is 32.2 Å². The number of fused-ring (bicyclic) bond motifs is 1. The Morgan fingerprint density at radius 2 is 1.81 bits per heavy atom. The molecule has 0 aliphatic carbocycles. The number of carbonyl (C=O) groups excluding carboxylic acids is 1. The van der Waals surface area contributed by atoms with E-state index in [1.165, 1.54) is 23.1 Å². The summed E-state index contributed by atoms with van der Waals surface area (Å²) in [5.74, 6) is 1.20. The number of carbonyl (C=O) groups is 1. The van der Waals surface area contributed by atoms with E-state index in [4.69, 9.17) is 14.2 Å². The van der Waals surface area contributed by atoms with Gasteiger partial charge < -0.3 is 24.4 Å². The molecule has 1 fully saturated rings. The van der Waals surface area contributed by atoms with Crippen LogP contribution in [-0.2, 0) is 17.5 Å². The summed E-state index contributed by atoms with van der Waals surface area (Å²) in [4.78, 5) is 16.7. The predicted molar refractivity (Wildman–Crippen MR) is 111 cm³/mol. The SMILES string of the molecule is O=C(Nc1ccccc1C(F)(F)F)N(CCN1CCOCC1)Cc1ccc2c(c1)OCO2. The predicted octanol–water partition coefficient (Wildman–Crippen LogP) is 3.80. The maximum absolute atomic E-state index is 13.4. The van der Waals surface area contributed by atoms with Gasteiger partial charge in [0.1, 0.15) is 0 Å². The molecule has 0 atom stereocenters. The van der Waals surface area contributed by atoms with Crippen LogP contribution in [0.25, 0.3) is 0 Å². The average molecular weight is 451 g/mol. The van der Waals surface area contributed by atoms with Crippen molar-refractivity contribution in [1.29, 1.82) is 0 Å². The molecule has 2 heterocycles. The number of urea groups is 1.